The molecule has 1 fully saturated rings. The minimum atomic E-state index is -0.414. The molecule has 0 aromatic heterocycles. The Bertz CT molecular complexity index is 416. The molecule has 3 nitrogen and oxygen atoms in total. The molecular weight excluding hydrogens is 262 g/mol. The summed E-state index contributed by atoms with van der Waals surface area (Å²) < 4.78 is 5.65. The van der Waals surface area contributed by atoms with E-state index in [0.717, 1.165) is 38.1 Å². The second-order valence-electron chi connectivity index (χ2n) is 6.65. The van der Waals surface area contributed by atoms with E-state index in [9.17, 15) is 5.11 Å². The van der Waals surface area contributed by atoms with Gasteiger partial charge in [-0.15, -0.1) is 0 Å². The minimum Gasteiger partial charge on any atom is -0.387 e. The van der Waals surface area contributed by atoms with Gasteiger partial charge in [-0.2, -0.15) is 0 Å². The highest BCUT2D eigenvalue weighted by atomic mass is 16.5. The quantitative estimate of drug-likeness (QED) is 0.905. The zero-order chi connectivity index (χ0) is 15.2. The number of aliphatic hydroxyl groups excluding tert-OH is 1. The molecule has 0 saturated carbocycles. The third-order valence-electron chi connectivity index (χ3n) is 3.98. The molecule has 2 unspecified atom stereocenters. The van der Waals surface area contributed by atoms with Gasteiger partial charge in [-0.1, -0.05) is 38.1 Å². The minimum absolute atomic E-state index is 0.258. The Morgan fingerprint density at radius 3 is 2.67 bits per heavy atom. The third-order valence-corrected chi connectivity index (χ3v) is 3.98. The first kappa shape index (κ1) is 16.5. The Morgan fingerprint density at radius 1 is 1.29 bits per heavy atom. The van der Waals surface area contributed by atoms with Crippen molar-refractivity contribution in [3.05, 3.63) is 35.4 Å². The number of rotatable bonds is 5. The van der Waals surface area contributed by atoms with Crippen LogP contribution < -0.4 is 0 Å². The van der Waals surface area contributed by atoms with Crippen LogP contribution in [0.4, 0.5) is 0 Å². The Balaban J connectivity index is 1.91. The van der Waals surface area contributed by atoms with Crippen LogP contribution in [0, 0.1) is 5.92 Å². The first-order valence-corrected chi connectivity index (χ1v) is 8.15. The van der Waals surface area contributed by atoms with Gasteiger partial charge in [0.25, 0.3) is 0 Å². The van der Waals surface area contributed by atoms with Crippen molar-refractivity contribution in [2.24, 2.45) is 5.92 Å². The lowest BCUT2D eigenvalue weighted by Gasteiger charge is -2.24. The molecule has 0 bridgehead atoms. The maximum Gasteiger partial charge on any atom is 0.0916 e. The molecule has 118 valence electrons. The molecule has 1 heterocycles. The van der Waals surface area contributed by atoms with Crippen molar-refractivity contribution in [3.63, 3.8) is 0 Å². The monoisotopic (exact) mass is 291 g/mol. The molecule has 1 aromatic carbocycles. The molecule has 0 aliphatic carbocycles. The standard InChI is InChI=1S/C18H29NO2/c1-14(2)11-16-5-7-17(8-6-16)18(20)13-19-9-4-10-21-15(3)12-19/h5-8,14-15,18,20H,4,9-13H2,1-3H3. The lowest BCUT2D eigenvalue weighted by Crippen LogP contribution is -2.33. The summed E-state index contributed by atoms with van der Waals surface area (Å²) in [4.78, 5) is 2.31. The van der Waals surface area contributed by atoms with Crippen LogP contribution in [0.15, 0.2) is 24.3 Å². The van der Waals surface area contributed by atoms with E-state index in [1.807, 2.05) is 0 Å². The van der Waals surface area contributed by atoms with Crippen LogP contribution >= 0.6 is 0 Å². The van der Waals surface area contributed by atoms with Gasteiger partial charge in [0.05, 0.1) is 12.2 Å². The lowest BCUT2D eigenvalue weighted by molar-refractivity contribution is 0.0562. The van der Waals surface area contributed by atoms with Crippen molar-refractivity contribution >= 4 is 0 Å². The van der Waals surface area contributed by atoms with Crippen molar-refractivity contribution in [2.75, 3.05) is 26.2 Å². The van der Waals surface area contributed by atoms with Crippen molar-refractivity contribution < 1.29 is 9.84 Å². The summed E-state index contributed by atoms with van der Waals surface area (Å²) in [6, 6.07) is 8.43. The molecule has 1 saturated heterocycles. The van der Waals surface area contributed by atoms with E-state index < -0.39 is 6.10 Å². The lowest BCUT2D eigenvalue weighted by atomic mass is 10.00. The average Bonchev–Trinajstić information content (AvgIpc) is 2.63. The largest absolute Gasteiger partial charge is 0.387 e. The summed E-state index contributed by atoms with van der Waals surface area (Å²) >= 11 is 0. The normalized spacial score (nSPS) is 22.2. The Labute approximate surface area is 128 Å². The zero-order valence-corrected chi connectivity index (χ0v) is 13.6. The van der Waals surface area contributed by atoms with E-state index in [4.69, 9.17) is 4.74 Å². The summed E-state index contributed by atoms with van der Waals surface area (Å²) in [5, 5.41) is 10.4. The van der Waals surface area contributed by atoms with E-state index in [0.29, 0.717) is 12.5 Å². The molecule has 1 N–H and O–H groups in total. The second kappa shape index (κ2) is 7.92. The number of benzene rings is 1. The number of hydrogen-bond acceptors (Lipinski definition) is 3. The third kappa shape index (κ3) is 5.42. The fourth-order valence-electron chi connectivity index (χ4n) is 2.94. The summed E-state index contributed by atoms with van der Waals surface area (Å²) in [7, 11) is 0. The summed E-state index contributed by atoms with van der Waals surface area (Å²) in [6.45, 7) is 9.99. The average molecular weight is 291 g/mol. The number of aliphatic hydroxyl groups is 1. The first-order chi connectivity index (χ1) is 10.0. The molecule has 0 spiro atoms. The Kier molecular flexibility index (Phi) is 6.22. The van der Waals surface area contributed by atoms with Gasteiger partial charge in [0.15, 0.2) is 0 Å². The Hall–Kier alpha value is -0.900. The molecule has 0 radical (unpaired) electrons. The van der Waals surface area contributed by atoms with E-state index in [-0.39, 0.29) is 6.10 Å². The highest BCUT2D eigenvalue weighted by molar-refractivity contribution is 5.24. The van der Waals surface area contributed by atoms with Gasteiger partial charge in [-0.3, -0.25) is 4.90 Å². The molecule has 1 aliphatic heterocycles. The van der Waals surface area contributed by atoms with Crippen LogP contribution in [-0.2, 0) is 11.2 Å². The summed E-state index contributed by atoms with van der Waals surface area (Å²) in [5.74, 6) is 0.666. The van der Waals surface area contributed by atoms with Gasteiger partial charge in [-0.25, -0.2) is 0 Å². The molecular formula is C18H29NO2. The van der Waals surface area contributed by atoms with Crippen LogP contribution in [-0.4, -0.2) is 42.4 Å². The number of nitrogens with zero attached hydrogens (tertiary/aromatic N) is 1. The molecule has 0 amide bonds. The molecule has 21 heavy (non-hydrogen) atoms. The van der Waals surface area contributed by atoms with E-state index in [1.165, 1.54) is 5.56 Å². The van der Waals surface area contributed by atoms with Crippen molar-refractivity contribution in [3.8, 4) is 0 Å². The van der Waals surface area contributed by atoms with E-state index in [2.05, 4.69) is 49.9 Å². The summed E-state index contributed by atoms with van der Waals surface area (Å²) in [5.41, 5.74) is 2.36. The van der Waals surface area contributed by atoms with Gasteiger partial charge >= 0.3 is 0 Å². The molecule has 2 atom stereocenters. The fourth-order valence-corrected chi connectivity index (χ4v) is 2.94. The van der Waals surface area contributed by atoms with Gasteiger partial charge in [0.1, 0.15) is 0 Å². The Morgan fingerprint density at radius 2 is 2.00 bits per heavy atom. The molecule has 3 heteroatoms. The smallest absolute Gasteiger partial charge is 0.0916 e. The maximum atomic E-state index is 10.4. The van der Waals surface area contributed by atoms with Gasteiger partial charge in [0, 0.05) is 26.2 Å². The van der Waals surface area contributed by atoms with Crippen LogP contribution in [0.5, 0.6) is 0 Å². The van der Waals surface area contributed by atoms with Gasteiger partial charge < -0.3 is 9.84 Å². The molecule has 1 aliphatic rings. The predicted octanol–water partition coefficient (Wildman–Crippen LogP) is 3.03. The van der Waals surface area contributed by atoms with Crippen LogP contribution in [0.3, 0.4) is 0 Å². The SMILES string of the molecule is CC(C)Cc1ccc(C(O)CN2CCCOC(C)C2)cc1. The number of ether oxygens (including phenoxy) is 1. The second-order valence-corrected chi connectivity index (χ2v) is 6.65. The van der Waals surface area contributed by atoms with Gasteiger partial charge in [0.2, 0.25) is 0 Å². The highest BCUT2D eigenvalue weighted by Gasteiger charge is 2.18. The van der Waals surface area contributed by atoms with Crippen LogP contribution in [0.25, 0.3) is 0 Å². The topological polar surface area (TPSA) is 32.7 Å². The molecule has 1 aromatic rings. The van der Waals surface area contributed by atoms with Crippen LogP contribution in [0.1, 0.15) is 44.4 Å². The number of β-amino-alcohol motifs (C(OH)–C–C–N with tert-alkyl or cyclic N) is 1. The van der Waals surface area contributed by atoms with E-state index in [1.54, 1.807) is 0 Å². The van der Waals surface area contributed by atoms with Crippen molar-refractivity contribution in [1.29, 1.82) is 0 Å². The van der Waals surface area contributed by atoms with E-state index >= 15 is 0 Å². The van der Waals surface area contributed by atoms with Gasteiger partial charge in [-0.05, 0) is 36.8 Å². The van der Waals surface area contributed by atoms with Crippen molar-refractivity contribution in [2.45, 2.75) is 45.8 Å². The predicted molar refractivity (Wildman–Crippen MR) is 86.4 cm³/mol. The fraction of sp³-hybridized carbons (Fsp3) is 0.667. The van der Waals surface area contributed by atoms with Crippen molar-refractivity contribution in [1.82, 2.24) is 4.90 Å². The van der Waals surface area contributed by atoms with Crippen LogP contribution in [0.2, 0.25) is 0 Å². The maximum absolute atomic E-state index is 10.4. The highest BCUT2D eigenvalue weighted by Crippen LogP contribution is 2.18. The first-order valence-electron chi connectivity index (χ1n) is 8.15. The zero-order valence-electron chi connectivity index (χ0n) is 13.6. The molecule has 2 rings (SSSR count). The number of hydrogen-bond donors (Lipinski definition) is 1. The summed E-state index contributed by atoms with van der Waals surface area (Å²) in [6.07, 6.45) is 1.98.